The van der Waals surface area contributed by atoms with E-state index in [-0.39, 0.29) is 35.7 Å². The molecule has 2 unspecified atom stereocenters. The Morgan fingerprint density at radius 3 is 2.10 bits per heavy atom. The summed E-state index contributed by atoms with van der Waals surface area (Å²) in [6.45, 7) is 9.82. The molecular weight excluding hydrogens is 761 g/mol. The number of fused-ring (bicyclic) bond motifs is 1. The molecule has 2 atom stereocenters. The van der Waals surface area contributed by atoms with Gasteiger partial charge >= 0.3 is 0 Å². The number of carbonyl (C=O) groups is 5. The summed E-state index contributed by atoms with van der Waals surface area (Å²) in [5.74, 6) is -0.243. The Balaban J connectivity index is 0.824. The first kappa shape index (κ1) is 43.7. The Kier molecular flexibility index (Phi) is 14.8. The molecule has 60 heavy (non-hydrogen) atoms. The number of unbranched alkanes of at least 4 members (excludes halogenated alkanes) is 5. The van der Waals surface area contributed by atoms with E-state index in [1.807, 2.05) is 38.1 Å². The molecule has 4 amide bonds. The molecule has 4 aromatic rings. The number of hydrogen-bond acceptors (Lipinski definition) is 10. The average molecular weight is 817 g/mol. The Morgan fingerprint density at radius 2 is 1.45 bits per heavy atom. The Bertz CT molecular complexity index is 2150. The molecule has 0 aliphatic carbocycles. The molecule has 2 aliphatic heterocycles. The fourth-order valence-corrected chi connectivity index (χ4v) is 7.68. The van der Waals surface area contributed by atoms with Crippen molar-refractivity contribution < 1.29 is 38.2 Å². The highest BCUT2D eigenvalue weighted by Gasteiger charge is 2.44. The van der Waals surface area contributed by atoms with Crippen LogP contribution in [0.15, 0.2) is 84.9 Å². The lowest BCUT2D eigenvalue weighted by molar-refractivity contribution is -0.136. The van der Waals surface area contributed by atoms with E-state index in [9.17, 15) is 24.0 Å². The average Bonchev–Trinajstić information content (AvgIpc) is 3.47. The molecule has 1 fully saturated rings. The second-order valence-corrected chi connectivity index (χ2v) is 16.2. The van der Waals surface area contributed by atoms with Gasteiger partial charge in [-0.2, -0.15) is 0 Å². The molecule has 1 saturated heterocycles. The van der Waals surface area contributed by atoms with E-state index in [1.165, 1.54) is 18.1 Å². The van der Waals surface area contributed by atoms with E-state index in [0.29, 0.717) is 43.5 Å². The van der Waals surface area contributed by atoms with Gasteiger partial charge in [0.05, 0.1) is 35.6 Å². The maximum absolute atomic E-state index is 13.2. The number of ether oxygens (including phenoxy) is 3. The maximum Gasteiger partial charge on any atom is 0.262 e. The quantitative estimate of drug-likeness (QED) is 0.0449. The number of benzene rings is 3. The lowest BCUT2D eigenvalue weighted by Gasteiger charge is -2.28. The van der Waals surface area contributed by atoms with E-state index in [2.05, 4.69) is 58.9 Å². The van der Waals surface area contributed by atoms with Crippen molar-refractivity contribution in [3.05, 3.63) is 119 Å². The summed E-state index contributed by atoms with van der Waals surface area (Å²) in [4.78, 5) is 67.1. The van der Waals surface area contributed by atoms with Crippen molar-refractivity contribution in [1.82, 2.24) is 15.2 Å². The zero-order chi connectivity index (χ0) is 42.6. The molecule has 0 bridgehead atoms. The molecule has 6 rings (SSSR count). The van der Waals surface area contributed by atoms with Crippen LogP contribution < -0.4 is 20.1 Å². The van der Waals surface area contributed by atoms with Crippen molar-refractivity contribution >= 4 is 35.1 Å². The van der Waals surface area contributed by atoms with E-state index >= 15 is 0 Å². The lowest BCUT2D eigenvalue weighted by atomic mass is 9.89. The van der Waals surface area contributed by atoms with Gasteiger partial charge in [-0.05, 0) is 105 Å². The van der Waals surface area contributed by atoms with Gasteiger partial charge in [0.25, 0.3) is 11.8 Å². The number of rotatable bonds is 22. The maximum atomic E-state index is 13.2. The zero-order valence-electron chi connectivity index (χ0n) is 35.1. The lowest BCUT2D eigenvalue weighted by Crippen LogP contribution is -2.54. The molecule has 316 valence electrons. The van der Waals surface area contributed by atoms with Gasteiger partial charge in [0.15, 0.2) is 5.78 Å². The topological polar surface area (TPSA) is 153 Å². The Hall–Kier alpha value is -5.88. The van der Waals surface area contributed by atoms with Gasteiger partial charge in [0.2, 0.25) is 11.8 Å². The van der Waals surface area contributed by atoms with Gasteiger partial charge in [-0.1, -0.05) is 62.9 Å². The molecule has 12 nitrogen and oxygen atoms in total. The minimum Gasteiger partial charge on any atom is -0.494 e. The van der Waals surface area contributed by atoms with Crippen LogP contribution in [0, 0.1) is 0 Å². The first-order valence-corrected chi connectivity index (χ1v) is 21.1. The third-order valence-electron chi connectivity index (χ3n) is 10.9. The summed E-state index contributed by atoms with van der Waals surface area (Å²) < 4.78 is 18.0. The minimum absolute atomic E-state index is 0.0644. The molecule has 3 heterocycles. The summed E-state index contributed by atoms with van der Waals surface area (Å²) in [6.07, 6.45) is 7.60. The summed E-state index contributed by atoms with van der Waals surface area (Å²) in [6, 6.07) is 26.0. The number of amides is 4. The SMILES string of the molecule is CCC(c1ccc(OCCCCCCCCOCC(C)(C)Nc2ccc3c(c2)C(=O)N(C2CCC(=O)NC2=O)C3=O)cc1)c1ccc(OCc2cccc(C(C)=O)n2)cc1. The van der Waals surface area contributed by atoms with Crippen LogP contribution in [0.4, 0.5) is 5.69 Å². The monoisotopic (exact) mass is 816 g/mol. The summed E-state index contributed by atoms with van der Waals surface area (Å²) in [5, 5.41) is 5.63. The van der Waals surface area contributed by atoms with Crippen LogP contribution in [0.2, 0.25) is 0 Å². The molecule has 1 aromatic heterocycles. The highest BCUT2D eigenvalue weighted by atomic mass is 16.5. The van der Waals surface area contributed by atoms with Crippen LogP contribution in [-0.2, 0) is 20.9 Å². The number of ketones is 1. The number of nitrogens with zero attached hydrogens (tertiary/aromatic N) is 2. The van der Waals surface area contributed by atoms with Crippen LogP contribution in [0.3, 0.4) is 0 Å². The Labute approximate surface area is 352 Å². The molecule has 0 saturated carbocycles. The number of anilines is 1. The molecule has 3 aromatic carbocycles. The van der Waals surface area contributed by atoms with Crippen molar-refractivity contribution in [2.45, 2.75) is 110 Å². The van der Waals surface area contributed by atoms with Crippen molar-refractivity contribution in [2.75, 3.05) is 25.1 Å². The first-order chi connectivity index (χ1) is 28.9. The van der Waals surface area contributed by atoms with E-state index in [4.69, 9.17) is 14.2 Å². The molecule has 12 heteroatoms. The number of imide groups is 2. The fourth-order valence-electron chi connectivity index (χ4n) is 7.68. The highest BCUT2D eigenvalue weighted by molar-refractivity contribution is 6.23. The number of nitrogens with one attached hydrogen (secondary N) is 2. The standard InChI is InChI=1S/C48H56N4O8/c1-5-39(34-17-22-38(23-18-34)60-30-36-13-12-14-42(49-36)32(2)53)33-15-20-37(21-16-33)59-28-11-9-7-6-8-10-27-58-31-48(3,4)51-35-19-24-40-41(29-35)47(57)52(46(40)56)43-25-26-44(54)50-45(43)55/h12-24,29,39,43,51H,5-11,25-28,30-31H2,1-4H3,(H,50,54,55). The normalized spacial score (nSPS) is 15.7. The second-order valence-electron chi connectivity index (χ2n) is 16.2. The zero-order valence-corrected chi connectivity index (χ0v) is 35.1. The largest absolute Gasteiger partial charge is 0.494 e. The molecular formula is C48H56N4O8. The van der Waals surface area contributed by atoms with Gasteiger partial charge in [-0.3, -0.25) is 34.2 Å². The highest BCUT2D eigenvalue weighted by Crippen LogP contribution is 2.32. The first-order valence-electron chi connectivity index (χ1n) is 21.1. The number of pyridine rings is 1. The van der Waals surface area contributed by atoms with E-state index in [0.717, 1.165) is 61.3 Å². The van der Waals surface area contributed by atoms with Crippen LogP contribution in [0.25, 0.3) is 0 Å². The van der Waals surface area contributed by atoms with E-state index in [1.54, 1.807) is 24.3 Å². The molecule has 0 spiro atoms. The summed E-state index contributed by atoms with van der Waals surface area (Å²) >= 11 is 0. The second kappa shape index (κ2) is 20.4. The van der Waals surface area contributed by atoms with Gasteiger partial charge in [0, 0.05) is 31.6 Å². The van der Waals surface area contributed by atoms with Gasteiger partial charge < -0.3 is 19.5 Å². The predicted octanol–water partition coefficient (Wildman–Crippen LogP) is 8.43. The van der Waals surface area contributed by atoms with Crippen LogP contribution in [-0.4, -0.2) is 70.7 Å². The summed E-state index contributed by atoms with van der Waals surface area (Å²) in [5.41, 5.74) is 4.35. The third kappa shape index (κ3) is 11.4. The van der Waals surface area contributed by atoms with Gasteiger partial charge in [-0.25, -0.2) is 4.98 Å². The summed E-state index contributed by atoms with van der Waals surface area (Å²) in [7, 11) is 0. The van der Waals surface area contributed by atoms with Crippen molar-refractivity contribution in [3.8, 4) is 11.5 Å². The van der Waals surface area contributed by atoms with Gasteiger partial charge in [0.1, 0.15) is 29.8 Å². The van der Waals surface area contributed by atoms with Crippen molar-refractivity contribution in [3.63, 3.8) is 0 Å². The number of Topliss-reactive ketones (excluding diaryl/α,β-unsaturated/α-hetero) is 1. The van der Waals surface area contributed by atoms with Crippen molar-refractivity contribution in [1.29, 1.82) is 0 Å². The van der Waals surface area contributed by atoms with Crippen LogP contribution >= 0.6 is 0 Å². The third-order valence-corrected chi connectivity index (χ3v) is 10.9. The number of piperidine rings is 1. The molecule has 2 aliphatic rings. The number of aromatic nitrogens is 1. The molecule has 2 N–H and O–H groups in total. The minimum atomic E-state index is -0.990. The number of carbonyl (C=O) groups excluding carboxylic acids is 5. The van der Waals surface area contributed by atoms with Crippen LogP contribution in [0.5, 0.6) is 11.5 Å². The number of hydrogen-bond donors (Lipinski definition) is 2. The van der Waals surface area contributed by atoms with Crippen molar-refractivity contribution in [2.24, 2.45) is 0 Å². The molecule has 0 radical (unpaired) electrons. The smallest absolute Gasteiger partial charge is 0.262 e. The van der Waals surface area contributed by atoms with Crippen LogP contribution in [0.1, 0.15) is 139 Å². The predicted molar refractivity (Wildman–Crippen MR) is 228 cm³/mol. The fraction of sp³-hybridized carbons (Fsp3) is 0.417. The van der Waals surface area contributed by atoms with Gasteiger partial charge in [-0.15, -0.1) is 0 Å². The van der Waals surface area contributed by atoms with E-state index < -0.39 is 35.2 Å². The Morgan fingerprint density at radius 1 is 0.817 bits per heavy atom.